The van der Waals surface area contributed by atoms with Gasteiger partial charge in [0.15, 0.2) is 6.29 Å². The van der Waals surface area contributed by atoms with E-state index in [4.69, 9.17) is 0 Å². The molecule has 0 aliphatic rings. The Hall–Kier alpha value is -1.23. The highest BCUT2D eigenvalue weighted by Crippen LogP contribution is 2.20. The number of imidazole rings is 1. The number of rotatable bonds is 4. The van der Waals surface area contributed by atoms with Gasteiger partial charge in [0, 0.05) is 6.42 Å². The molecular formula is C11H15N3OS. The summed E-state index contributed by atoms with van der Waals surface area (Å²) >= 11 is 1.57. The van der Waals surface area contributed by atoms with E-state index < -0.39 is 0 Å². The van der Waals surface area contributed by atoms with Crippen LogP contribution in [0, 0.1) is 5.92 Å². The van der Waals surface area contributed by atoms with Crippen LogP contribution < -0.4 is 0 Å². The van der Waals surface area contributed by atoms with Crippen molar-refractivity contribution in [3.8, 4) is 0 Å². The molecule has 2 aromatic heterocycles. The normalized spacial score (nSPS) is 11.5. The Bertz CT molecular complexity index is 512. The lowest BCUT2D eigenvalue weighted by Gasteiger charge is -1.98. The standard InChI is InChI=1S/C11H15N3OS/c1-4-8-9(6-15)14-11(12-8)16-10(13-14)5-7(2)3/h6-7H,4-5H2,1-3H3. The molecule has 86 valence electrons. The monoisotopic (exact) mass is 237 g/mol. The molecule has 2 aromatic rings. The van der Waals surface area contributed by atoms with Crippen molar-refractivity contribution in [3.05, 3.63) is 16.4 Å². The Balaban J connectivity index is 2.47. The molecule has 0 N–H and O–H groups in total. The first kappa shape index (κ1) is 11.3. The summed E-state index contributed by atoms with van der Waals surface area (Å²) in [6, 6.07) is 0. The average molecular weight is 237 g/mol. The number of nitrogens with zero attached hydrogens (tertiary/aromatic N) is 3. The van der Waals surface area contributed by atoms with Gasteiger partial charge in [-0.1, -0.05) is 32.1 Å². The molecule has 0 atom stereocenters. The minimum Gasteiger partial charge on any atom is -0.296 e. The number of hydrogen-bond acceptors (Lipinski definition) is 4. The van der Waals surface area contributed by atoms with E-state index in [1.54, 1.807) is 15.9 Å². The van der Waals surface area contributed by atoms with Gasteiger partial charge in [-0.05, 0) is 12.3 Å². The molecule has 2 rings (SSSR count). The van der Waals surface area contributed by atoms with Gasteiger partial charge >= 0.3 is 0 Å². The zero-order valence-corrected chi connectivity index (χ0v) is 10.5. The Morgan fingerprint density at radius 2 is 2.25 bits per heavy atom. The number of aromatic nitrogens is 3. The van der Waals surface area contributed by atoms with Crippen LogP contribution in [0.25, 0.3) is 4.96 Å². The van der Waals surface area contributed by atoms with E-state index in [2.05, 4.69) is 23.9 Å². The van der Waals surface area contributed by atoms with Crippen molar-refractivity contribution in [2.24, 2.45) is 5.92 Å². The first-order valence-electron chi connectivity index (χ1n) is 5.48. The van der Waals surface area contributed by atoms with E-state index in [0.717, 1.165) is 34.8 Å². The zero-order valence-electron chi connectivity index (χ0n) is 9.73. The van der Waals surface area contributed by atoms with Gasteiger partial charge in [0.05, 0.1) is 5.69 Å². The molecule has 0 saturated heterocycles. The van der Waals surface area contributed by atoms with E-state index in [1.165, 1.54) is 0 Å². The van der Waals surface area contributed by atoms with Crippen LogP contribution in [-0.4, -0.2) is 20.9 Å². The second kappa shape index (κ2) is 4.33. The van der Waals surface area contributed by atoms with Crippen LogP contribution in [-0.2, 0) is 12.8 Å². The van der Waals surface area contributed by atoms with Gasteiger partial charge in [0.1, 0.15) is 10.7 Å². The second-order valence-electron chi connectivity index (χ2n) is 4.20. The predicted molar refractivity (Wildman–Crippen MR) is 64.2 cm³/mol. The van der Waals surface area contributed by atoms with Gasteiger partial charge in [-0.2, -0.15) is 9.61 Å². The summed E-state index contributed by atoms with van der Waals surface area (Å²) in [6.07, 6.45) is 2.55. The van der Waals surface area contributed by atoms with E-state index >= 15 is 0 Å². The van der Waals surface area contributed by atoms with Gasteiger partial charge < -0.3 is 0 Å². The highest BCUT2D eigenvalue weighted by molar-refractivity contribution is 7.16. The fourth-order valence-corrected chi connectivity index (χ4v) is 2.79. The van der Waals surface area contributed by atoms with E-state index in [-0.39, 0.29) is 0 Å². The number of aryl methyl sites for hydroxylation is 1. The number of fused-ring (bicyclic) bond motifs is 1. The highest BCUT2D eigenvalue weighted by atomic mass is 32.1. The van der Waals surface area contributed by atoms with Crippen molar-refractivity contribution in [3.63, 3.8) is 0 Å². The fourth-order valence-electron chi connectivity index (χ4n) is 1.66. The van der Waals surface area contributed by atoms with Crippen LogP contribution in [0.5, 0.6) is 0 Å². The fraction of sp³-hybridized carbons (Fsp3) is 0.545. The largest absolute Gasteiger partial charge is 0.296 e. The van der Waals surface area contributed by atoms with Crippen molar-refractivity contribution in [1.82, 2.24) is 14.6 Å². The summed E-state index contributed by atoms with van der Waals surface area (Å²) in [6.45, 7) is 6.30. The quantitative estimate of drug-likeness (QED) is 0.767. The van der Waals surface area contributed by atoms with Gasteiger partial charge in [-0.25, -0.2) is 4.98 Å². The molecule has 0 fully saturated rings. The summed E-state index contributed by atoms with van der Waals surface area (Å²) in [5.74, 6) is 0.571. The van der Waals surface area contributed by atoms with E-state index in [0.29, 0.717) is 11.6 Å². The Morgan fingerprint density at radius 3 is 2.81 bits per heavy atom. The summed E-state index contributed by atoms with van der Waals surface area (Å²) in [4.78, 5) is 16.2. The SMILES string of the molecule is CCc1nc2sc(CC(C)C)nn2c1C=O. The lowest BCUT2D eigenvalue weighted by molar-refractivity contribution is 0.111. The van der Waals surface area contributed by atoms with Gasteiger partial charge in [0.25, 0.3) is 0 Å². The summed E-state index contributed by atoms with van der Waals surface area (Å²) in [5.41, 5.74) is 1.44. The van der Waals surface area contributed by atoms with Crippen molar-refractivity contribution >= 4 is 22.6 Å². The predicted octanol–water partition coefficient (Wildman–Crippen LogP) is 2.36. The maximum Gasteiger partial charge on any atom is 0.213 e. The Labute approximate surface area is 98.3 Å². The summed E-state index contributed by atoms with van der Waals surface area (Å²) in [7, 11) is 0. The molecule has 5 heteroatoms. The molecule has 0 aliphatic carbocycles. The summed E-state index contributed by atoms with van der Waals surface area (Å²) < 4.78 is 1.67. The molecular weight excluding hydrogens is 222 g/mol. The summed E-state index contributed by atoms with van der Waals surface area (Å²) in [5, 5.41) is 5.48. The third-order valence-electron chi connectivity index (χ3n) is 2.39. The van der Waals surface area contributed by atoms with Crippen molar-refractivity contribution in [1.29, 1.82) is 0 Å². The third-order valence-corrected chi connectivity index (χ3v) is 3.32. The van der Waals surface area contributed by atoms with Crippen molar-refractivity contribution in [2.45, 2.75) is 33.6 Å². The van der Waals surface area contributed by atoms with E-state index in [9.17, 15) is 4.79 Å². The van der Waals surface area contributed by atoms with Crippen molar-refractivity contribution < 1.29 is 4.79 Å². The molecule has 0 amide bonds. The molecule has 0 saturated carbocycles. The lowest BCUT2D eigenvalue weighted by atomic mass is 10.1. The number of hydrogen-bond donors (Lipinski definition) is 0. The average Bonchev–Trinajstić information content (AvgIpc) is 2.72. The molecule has 0 radical (unpaired) electrons. The molecule has 0 unspecified atom stereocenters. The smallest absolute Gasteiger partial charge is 0.213 e. The first-order valence-corrected chi connectivity index (χ1v) is 6.29. The topological polar surface area (TPSA) is 47.3 Å². The van der Waals surface area contributed by atoms with Crippen LogP contribution in [0.4, 0.5) is 0 Å². The minimum absolute atomic E-state index is 0.571. The van der Waals surface area contributed by atoms with Crippen LogP contribution in [0.2, 0.25) is 0 Å². The van der Waals surface area contributed by atoms with Gasteiger partial charge in [-0.3, -0.25) is 4.79 Å². The second-order valence-corrected chi connectivity index (χ2v) is 5.24. The molecule has 0 spiro atoms. The molecule has 4 nitrogen and oxygen atoms in total. The van der Waals surface area contributed by atoms with Crippen LogP contribution in [0.1, 0.15) is 42.0 Å². The molecule has 16 heavy (non-hydrogen) atoms. The third kappa shape index (κ3) is 1.87. The first-order chi connectivity index (χ1) is 7.65. The zero-order chi connectivity index (χ0) is 11.7. The minimum atomic E-state index is 0.571. The number of aldehydes is 1. The lowest BCUT2D eigenvalue weighted by Crippen LogP contribution is -1.98. The van der Waals surface area contributed by atoms with Gasteiger partial charge in [-0.15, -0.1) is 0 Å². The van der Waals surface area contributed by atoms with Crippen molar-refractivity contribution in [2.75, 3.05) is 0 Å². The molecule has 0 aromatic carbocycles. The maximum absolute atomic E-state index is 11.0. The number of carbonyl (C=O) groups is 1. The molecule has 0 aliphatic heterocycles. The molecule has 2 heterocycles. The number of carbonyl (C=O) groups excluding carboxylic acids is 1. The van der Waals surface area contributed by atoms with Crippen LogP contribution in [0.15, 0.2) is 0 Å². The highest BCUT2D eigenvalue weighted by Gasteiger charge is 2.14. The molecule has 0 bridgehead atoms. The maximum atomic E-state index is 11.0. The van der Waals surface area contributed by atoms with Crippen LogP contribution in [0.3, 0.4) is 0 Å². The van der Waals surface area contributed by atoms with Crippen LogP contribution >= 0.6 is 11.3 Å². The van der Waals surface area contributed by atoms with Gasteiger partial charge in [0.2, 0.25) is 4.96 Å². The Morgan fingerprint density at radius 1 is 1.50 bits per heavy atom. The van der Waals surface area contributed by atoms with E-state index in [1.807, 2.05) is 6.92 Å². The Kier molecular flexibility index (Phi) is 3.05.